The number of nitrogens with zero attached hydrogens (tertiary/aromatic N) is 2. The van der Waals surface area contributed by atoms with Crippen molar-refractivity contribution in [2.75, 3.05) is 0 Å². The van der Waals surface area contributed by atoms with E-state index in [9.17, 15) is 9.59 Å². The predicted molar refractivity (Wildman–Crippen MR) is 99.4 cm³/mol. The molecule has 0 aliphatic carbocycles. The van der Waals surface area contributed by atoms with Gasteiger partial charge in [0.05, 0.1) is 5.69 Å². The van der Waals surface area contributed by atoms with Gasteiger partial charge in [-0.05, 0) is 25.1 Å². The maximum Gasteiger partial charge on any atom is 0.331 e. The number of carbonyl (C=O) groups excluding carboxylic acids is 1. The van der Waals surface area contributed by atoms with Gasteiger partial charge in [-0.25, -0.2) is 9.78 Å². The van der Waals surface area contributed by atoms with Crippen LogP contribution in [-0.4, -0.2) is 15.4 Å². The average Bonchev–Trinajstić information content (AvgIpc) is 2.94. The van der Waals surface area contributed by atoms with Crippen LogP contribution in [0.1, 0.15) is 17.0 Å². The van der Waals surface area contributed by atoms with Crippen LogP contribution in [0.2, 0.25) is 10.0 Å². The molecule has 3 rings (SSSR count). The second-order valence-corrected chi connectivity index (χ2v) is 6.81. The molecule has 128 valence electrons. The molecule has 0 saturated carbocycles. The van der Waals surface area contributed by atoms with Gasteiger partial charge in [0, 0.05) is 38.8 Å². The molecule has 0 bridgehead atoms. The standard InChI is InChI=1S/C17H12Cl2N2O3S/c1-10-9-25-17-20-11(7-15(22)21(10)17)8-24-16(23)6-5-12-13(18)3-2-4-14(12)19/h2-7,9H,8H2,1H3/b6-5+. The zero-order chi connectivity index (χ0) is 18.0. The molecular weight excluding hydrogens is 383 g/mol. The molecule has 0 unspecified atom stereocenters. The molecule has 2 heterocycles. The monoisotopic (exact) mass is 394 g/mol. The minimum absolute atomic E-state index is 0.0951. The van der Waals surface area contributed by atoms with Gasteiger partial charge < -0.3 is 4.74 Å². The first kappa shape index (κ1) is 17.7. The fourth-order valence-electron chi connectivity index (χ4n) is 2.19. The Hall–Kier alpha value is -2.15. The summed E-state index contributed by atoms with van der Waals surface area (Å²) in [6, 6.07) is 6.42. The highest BCUT2D eigenvalue weighted by Gasteiger charge is 2.08. The summed E-state index contributed by atoms with van der Waals surface area (Å²) in [7, 11) is 0. The van der Waals surface area contributed by atoms with Crippen molar-refractivity contribution in [2.24, 2.45) is 0 Å². The molecule has 0 atom stereocenters. The van der Waals surface area contributed by atoms with Gasteiger partial charge in [-0.15, -0.1) is 11.3 Å². The lowest BCUT2D eigenvalue weighted by Crippen LogP contribution is -2.16. The van der Waals surface area contributed by atoms with Crippen LogP contribution in [0, 0.1) is 6.92 Å². The lowest BCUT2D eigenvalue weighted by molar-refractivity contribution is -0.139. The molecule has 2 aromatic heterocycles. The number of rotatable bonds is 4. The highest BCUT2D eigenvalue weighted by molar-refractivity contribution is 7.15. The zero-order valence-corrected chi connectivity index (χ0v) is 15.4. The Balaban J connectivity index is 1.70. The van der Waals surface area contributed by atoms with Gasteiger partial charge in [0.1, 0.15) is 6.61 Å². The van der Waals surface area contributed by atoms with Crippen molar-refractivity contribution in [1.29, 1.82) is 0 Å². The SMILES string of the molecule is Cc1csc2nc(COC(=O)/C=C/c3c(Cl)cccc3Cl)cc(=O)n12. The number of ether oxygens (including phenoxy) is 1. The van der Waals surface area contributed by atoms with Crippen molar-refractivity contribution in [3.8, 4) is 0 Å². The molecule has 0 saturated heterocycles. The van der Waals surface area contributed by atoms with Crippen LogP contribution in [-0.2, 0) is 16.1 Å². The highest BCUT2D eigenvalue weighted by Crippen LogP contribution is 2.25. The van der Waals surface area contributed by atoms with Gasteiger partial charge in [0.25, 0.3) is 5.56 Å². The number of aryl methyl sites for hydroxylation is 1. The van der Waals surface area contributed by atoms with Crippen molar-refractivity contribution in [1.82, 2.24) is 9.38 Å². The molecule has 5 nitrogen and oxygen atoms in total. The van der Waals surface area contributed by atoms with E-state index in [1.165, 1.54) is 34.0 Å². The third-order valence-corrected chi connectivity index (χ3v) is 4.98. The first-order valence-corrected chi connectivity index (χ1v) is 8.85. The van der Waals surface area contributed by atoms with Gasteiger partial charge in [0.15, 0.2) is 4.96 Å². The summed E-state index contributed by atoms with van der Waals surface area (Å²) in [5, 5.41) is 2.71. The first-order chi connectivity index (χ1) is 12.0. The fraction of sp³-hybridized carbons (Fsp3) is 0.118. The maximum atomic E-state index is 12.1. The third kappa shape index (κ3) is 3.92. The Labute approximate surface area is 157 Å². The molecule has 1 aromatic carbocycles. The van der Waals surface area contributed by atoms with Crippen molar-refractivity contribution >= 4 is 51.5 Å². The van der Waals surface area contributed by atoms with Crippen LogP contribution in [0.15, 0.2) is 40.5 Å². The lowest BCUT2D eigenvalue weighted by Gasteiger charge is -2.03. The van der Waals surface area contributed by atoms with Crippen molar-refractivity contribution < 1.29 is 9.53 Å². The number of hydrogen-bond donors (Lipinski definition) is 0. The van der Waals surface area contributed by atoms with E-state index < -0.39 is 5.97 Å². The van der Waals surface area contributed by atoms with Crippen LogP contribution >= 0.6 is 34.5 Å². The molecule has 0 aliphatic rings. The second kappa shape index (κ2) is 7.39. The maximum absolute atomic E-state index is 12.1. The molecule has 0 amide bonds. The summed E-state index contributed by atoms with van der Waals surface area (Å²) < 4.78 is 6.63. The smallest absolute Gasteiger partial charge is 0.331 e. The van der Waals surface area contributed by atoms with Crippen LogP contribution in [0.4, 0.5) is 0 Å². The van der Waals surface area contributed by atoms with E-state index in [2.05, 4.69) is 4.98 Å². The van der Waals surface area contributed by atoms with Crippen LogP contribution in [0.25, 0.3) is 11.0 Å². The number of halogens is 2. The summed E-state index contributed by atoms with van der Waals surface area (Å²) in [5.74, 6) is -0.583. The van der Waals surface area contributed by atoms with E-state index in [0.717, 1.165) is 5.69 Å². The van der Waals surface area contributed by atoms with E-state index in [-0.39, 0.29) is 12.2 Å². The number of carbonyl (C=O) groups is 1. The largest absolute Gasteiger partial charge is 0.456 e. The van der Waals surface area contributed by atoms with Crippen molar-refractivity contribution in [3.05, 3.63) is 73.1 Å². The number of benzene rings is 1. The number of hydrogen-bond acceptors (Lipinski definition) is 5. The summed E-state index contributed by atoms with van der Waals surface area (Å²) in [6.07, 6.45) is 2.72. The average molecular weight is 395 g/mol. The van der Waals surface area contributed by atoms with Gasteiger partial charge in [0.2, 0.25) is 0 Å². The van der Waals surface area contributed by atoms with E-state index in [1.54, 1.807) is 18.2 Å². The summed E-state index contributed by atoms with van der Waals surface area (Å²) >= 11 is 13.4. The highest BCUT2D eigenvalue weighted by atomic mass is 35.5. The zero-order valence-electron chi connectivity index (χ0n) is 13.0. The third-order valence-electron chi connectivity index (χ3n) is 3.38. The topological polar surface area (TPSA) is 60.7 Å². The normalized spacial score (nSPS) is 11.3. The van der Waals surface area contributed by atoms with E-state index in [0.29, 0.717) is 26.3 Å². The number of esters is 1. The second-order valence-electron chi connectivity index (χ2n) is 5.16. The lowest BCUT2D eigenvalue weighted by atomic mass is 10.2. The molecule has 0 radical (unpaired) electrons. The van der Waals surface area contributed by atoms with Crippen molar-refractivity contribution in [2.45, 2.75) is 13.5 Å². The minimum Gasteiger partial charge on any atom is -0.456 e. The summed E-state index contributed by atoms with van der Waals surface area (Å²) in [6.45, 7) is 1.74. The van der Waals surface area contributed by atoms with Crippen LogP contribution in [0.3, 0.4) is 0 Å². The van der Waals surface area contributed by atoms with Gasteiger partial charge >= 0.3 is 5.97 Å². The molecule has 3 aromatic rings. The van der Waals surface area contributed by atoms with E-state index in [4.69, 9.17) is 27.9 Å². The molecule has 0 N–H and O–H groups in total. The Bertz CT molecular complexity index is 1020. The predicted octanol–water partition coefficient (Wildman–Crippen LogP) is 4.13. The Morgan fingerprint density at radius 1 is 1.36 bits per heavy atom. The number of aromatic nitrogens is 2. The summed E-state index contributed by atoms with van der Waals surface area (Å²) in [5.41, 5.74) is 1.55. The Morgan fingerprint density at radius 3 is 2.80 bits per heavy atom. The molecule has 25 heavy (non-hydrogen) atoms. The van der Waals surface area contributed by atoms with Gasteiger partial charge in [-0.3, -0.25) is 9.20 Å². The molecule has 0 aliphatic heterocycles. The van der Waals surface area contributed by atoms with E-state index >= 15 is 0 Å². The van der Waals surface area contributed by atoms with Gasteiger partial charge in [-0.2, -0.15) is 0 Å². The molecule has 0 fully saturated rings. The quantitative estimate of drug-likeness (QED) is 0.492. The first-order valence-electron chi connectivity index (χ1n) is 7.21. The summed E-state index contributed by atoms with van der Waals surface area (Å²) in [4.78, 5) is 28.8. The van der Waals surface area contributed by atoms with Crippen LogP contribution < -0.4 is 5.56 Å². The number of thiazole rings is 1. The van der Waals surface area contributed by atoms with Crippen LogP contribution in [0.5, 0.6) is 0 Å². The Morgan fingerprint density at radius 2 is 2.08 bits per heavy atom. The van der Waals surface area contributed by atoms with E-state index in [1.807, 2.05) is 12.3 Å². The number of fused-ring (bicyclic) bond motifs is 1. The minimum atomic E-state index is -0.583. The molecule has 0 spiro atoms. The Kier molecular flexibility index (Phi) is 5.22. The van der Waals surface area contributed by atoms with Crippen molar-refractivity contribution in [3.63, 3.8) is 0 Å². The van der Waals surface area contributed by atoms with Gasteiger partial charge in [-0.1, -0.05) is 29.3 Å². The fourth-order valence-corrected chi connectivity index (χ4v) is 3.60. The molecular formula is C17H12Cl2N2O3S. The molecule has 8 heteroatoms.